The third kappa shape index (κ3) is 3.18. The van der Waals surface area contributed by atoms with Crippen LogP contribution in [0.5, 0.6) is 0 Å². The van der Waals surface area contributed by atoms with Crippen LogP contribution in [0.2, 0.25) is 0 Å². The van der Waals surface area contributed by atoms with Crippen molar-refractivity contribution in [3.05, 3.63) is 64.2 Å². The van der Waals surface area contributed by atoms with Crippen LogP contribution >= 0.6 is 0 Å². The SMILES string of the molecule is Cc1cccc(N(CCC#N)c2ccccc2)c1[N+](=O)[O-]. The second kappa shape index (κ2) is 6.53. The van der Waals surface area contributed by atoms with Gasteiger partial charge in [0.15, 0.2) is 0 Å². The highest BCUT2D eigenvalue weighted by molar-refractivity contribution is 5.74. The summed E-state index contributed by atoms with van der Waals surface area (Å²) < 4.78 is 0. The van der Waals surface area contributed by atoms with Crippen molar-refractivity contribution in [2.75, 3.05) is 11.4 Å². The van der Waals surface area contributed by atoms with Crippen LogP contribution in [0.15, 0.2) is 48.5 Å². The quantitative estimate of drug-likeness (QED) is 0.614. The molecule has 2 rings (SSSR count). The number of rotatable bonds is 5. The summed E-state index contributed by atoms with van der Waals surface area (Å²) in [5, 5.41) is 20.2. The van der Waals surface area contributed by atoms with Gasteiger partial charge < -0.3 is 4.90 Å². The highest BCUT2D eigenvalue weighted by atomic mass is 16.6. The normalized spacial score (nSPS) is 9.90. The summed E-state index contributed by atoms with van der Waals surface area (Å²) in [6, 6.07) is 16.7. The number of hydrogen-bond donors (Lipinski definition) is 0. The third-order valence-corrected chi connectivity index (χ3v) is 3.20. The van der Waals surface area contributed by atoms with Crippen LogP contribution in [-0.4, -0.2) is 11.5 Å². The Morgan fingerprint density at radius 1 is 1.19 bits per heavy atom. The summed E-state index contributed by atoms with van der Waals surface area (Å²) >= 11 is 0. The van der Waals surface area contributed by atoms with Crippen molar-refractivity contribution in [2.24, 2.45) is 0 Å². The lowest BCUT2D eigenvalue weighted by atomic mass is 10.1. The molecule has 0 aliphatic heterocycles. The van der Waals surface area contributed by atoms with Crippen molar-refractivity contribution in [1.82, 2.24) is 0 Å². The maximum absolute atomic E-state index is 11.4. The van der Waals surface area contributed by atoms with Crippen LogP contribution in [0.25, 0.3) is 0 Å². The molecular formula is C16H15N3O2. The van der Waals surface area contributed by atoms with E-state index in [1.165, 1.54) is 0 Å². The summed E-state index contributed by atoms with van der Waals surface area (Å²) in [5.41, 5.74) is 2.04. The fraction of sp³-hybridized carbons (Fsp3) is 0.188. The van der Waals surface area contributed by atoms with Gasteiger partial charge in [-0.1, -0.05) is 30.3 Å². The van der Waals surface area contributed by atoms with E-state index in [1.54, 1.807) is 25.1 Å². The summed E-state index contributed by atoms with van der Waals surface area (Å²) in [4.78, 5) is 12.8. The van der Waals surface area contributed by atoms with E-state index in [9.17, 15) is 10.1 Å². The van der Waals surface area contributed by atoms with Gasteiger partial charge in [0.05, 0.1) is 17.4 Å². The standard InChI is InChI=1S/C16H15N3O2/c1-13-7-5-10-15(16(13)19(20)21)18(12-6-11-17)14-8-3-2-4-9-14/h2-5,7-10H,6,12H2,1H3. The zero-order valence-electron chi connectivity index (χ0n) is 11.7. The summed E-state index contributed by atoms with van der Waals surface area (Å²) in [6.45, 7) is 2.12. The maximum Gasteiger partial charge on any atom is 0.295 e. The van der Waals surface area contributed by atoms with Crippen LogP contribution < -0.4 is 4.90 Å². The molecule has 5 heteroatoms. The average Bonchev–Trinajstić information content (AvgIpc) is 2.48. The Morgan fingerprint density at radius 2 is 1.90 bits per heavy atom. The first-order chi connectivity index (χ1) is 10.1. The number of nitro groups is 1. The highest BCUT2D eigenvalue weighted by Gasteiger charge is 2.22. The van der Waals surface area contributed by atoms with Crippen LogP contribution in [0.4, 0.5) is 17.1 Å². The molecule has 0 saturated heterocycles. The lowest BCUT2D eigenvalue weighted by molar-refractivity contribution is -0.384. The number of nitro benzene ring substituents is 1. The highest BCUT2D eigenvalue weighted by Crippen LogP contribution is 2.35. The van der Waals surface area contributed by atoms with Gasteiger partial charge in [-0.05, 0) is 25.1 Å². The molecule has 0 aromatic heterocycles. The second-order valence-electron chi connectivity index (χ2n) is 4.60. The molecule has 0 fully saturated rings. The Morgan fingerprint density at radius 3 is 2.52 bits per heavy atom. The van der Waals surface area contributed by atoms with E-state index in [1.807, 2.05) is 35.2 Å². The molecule has 21 heavy (non-hydrogen) atoms. The Labute approximate surface area is 123 Å². The Hall–Kier alpha value is -2.87. The molecule has 2 aromatic carbocycles. The lowest BCUT2D eigenvalue weighted by Crippen LogP contribution is -2.19. The number of aryl methyl sites for hydroxylation is 1. The fourth-order valence-electron chi connectivity index (χ4n) is 2.26. The molecule has 0 spiro atoms. The van der Waals surface area contributed by atoms with E-state index in [4.69, 9.17) is 5.26 Å². The van der Waals surface area contributed by atoms with Crippen LogP contribution in [-0.2, 0) is 0 Å². The molecule has 0 radical (unpaired) electrons. The first-order valence-corrected chi connectivity index (χ1v) is 6.58. The van der Waals surface area contributed by atoms with E-state index >= 15 is 0 Å². The Balaban J connectivity index is 2.55. The number of para-hydroxylation sites is 2. The average molecular weight is 281 g/mol. The summed E-state index contributed by atoms with van der Waals surface area (Å²) in [5.74, 6) is 0. The van der Waals surface area contributed by atoms with Gasteiger partial charge in [0.1, 0.15) is 5.69 Å². The molecule has 0 amide bonds. The zero-order chi connectivity index (χ0) is 15.2. The number of anilines is 2. The van der Waals surface area contributed by atoms with Gasteiger partial charge in [-0.25, -0.2) is 0 Å². The molecule has 0 atom stereocenters. The molecule has 0 unspecified atom stereocenters. The minimum Gasteiger partial charge on any atom is -0.335 e. The molecule has 2 aromatic rings. The first kappa shape index (κ1) is 14.5. The van der Waals surface area contributed by atoms with Gasteiger partial charge >= 0.3 is 0 Å². The molecule has 106 valence electrons. The lowest BCUT2D eigenvalue weighted by Gasteiger charge is -2.24. The van der Waals surface area contributed by atoms with Gasteiger partial charge in [-0.15, -0.1) is 0 Å². The zero-order valence-corrected chi connectivity index (χ0v) is 11.7. The molecule has 0 aliphatic rings. The van der Waals surface area contributed by atoms with Crippen molar-refractivity contribution >= 4 is 17.1 Å². The smallest absolute Gasteiger partial charge is 0.295 e. The van der Waals surface area contributed by atoms with Crippen molar-refractivity contribution in [2.45, 2.75) is 13.3 Å². The summed E-state index contributed by atoms with van der Waals surface area (Å²) in [6.07, 6.45) is 0.292. The summed E-state index contributed by atoms with van der Waals surface area (Å²) in [7, 11) is 0. The fourth-order valence-corrected chi connectivity index (χ4v) is 2.26. The number of nitriles is 1. The predicted octanol–water partition coefficient (Wildman–Crippen LogP) is 3.96. The molecule has 0 bridgehead atoms. The van der Waals surface area contributed by atoms with Crippen LogP contribution in [0.1, 0.15) is 12.0 Å². The second-order valence-corrected chi connectivity index (χ2v) is 4.60. The van der Waals surface area contributed by atoms with E-state index in [-0.39, 0.29) is 10.6 Å². The van der Waals surface area contributed by atoms with Crippen LogP contribution in [0.3, 0.4) is 0 Å². The minimum absolute atomic E-state index is 0.0827. The molecular weight excluding hydrogens is 266 g/mol. The number of benzene rings is 2. The molecule has 0 heterocycles. The monoisotopic (exact) mass is 281 g/mol. The molecule has 0 aliphatic carbocycles. The van der Waals surface area contributed by atoms with E-state index < -0.39 is 0 Å². The topological polar surface area (TPSA) is 70.2 Å². The van der Waals surface area contributed by atoms with Gasteiger partial charge in [-0.3, -0.25) is 10.1 Å². The number of hydrogen-bond acceptors (Lipinski definition) is 4. The third-order valence-electron chi connectivity index (χ3n) is 3.20. The maximum atomic E-state index is 11.4. The number of nitrogens with zero attached hydrogens (tertiary/aromatic N) is 3. The van der Waals surface area contributed by atoms with Crippen LogP contribution in [0, 0.1) is 28.4 Å². The molecule has 0 N–H and O–H groups in total. The van der Waals surface area contributed by atoms with Gasteiger partial charge in [-0.2, -0.15) is 5.26 Å². The van der Waals surface area contributed by atoms with Gasteiger partial charge in [0.2, 0.25) is 0 Å². The Kier molecular flexibility index (Phi) is 4.52. The van der Waals surface area contributed by atoms with E-state index in [0.717, 1.165) is 5.69 Å². The van der Waals surface area contributed by atoms with Crippen molar-refractivity contribution in [3.63, 3.8) is 0 Å². The molecule has 5 nitrogen and oxygen atoms in total. The predicted molar refractivity (Wildman–Crippen MR) is 81.5 cm³/mol. The first-order valence-electron chi connectivity index (χ1n) is 6.58. The van der Waals surface area contributed by atoms with E-state index in [2.05, 4.69) is 6.07 Å². The van der Waals surface area contributed by atoms with Crippen molar-refractivity contribution < 1.29 is 4.92 Å². The van der Waals surface area contributed by atoms with Gasteiger partial charge in [0.25, 0.3) is 5.69 Å². The Bertz CT molecular complexity index is 678. The van der Waals surface area contributed by atoms with Gasteiger partial charge in [0, 0.05) is 17.8 Å². The van der Waals surface area contributed by atoms with Crippen molar-refractivity contribution in [1.29, 1.82) is 5.26 Å². The minimum atomic E-state index is -0.368. The van der Waals surface area contributed by atoms with Crippen molar-refractivity contribution in [3.8, 4) is 6.07 Å². The molecule has 0 saturated carbocycles. The van der Waals surface area contributed by atoms with E-state index in [0.29, 0.717) is 24.2 Å². The largest absolute Gasteiger partial charge is 0.335 e.